The number of piperidine rings is 1. The van der Waals surface area contributed by atoms with Crippen LogP contribution in [0, 0.1) is 0 Å². The number of amides is 2. The normalized spacial score (nSPS) is 17.0. The number of benzene rings is 1. The second-order valence-corrected chi connectivity index (χ2v) is 7.44. The first-order chi connectivity index (χ1) is 11.7. The summed E-state index contributed by atoms with van der Waals surface area (Å²) in [6, 6.07) is 8.89. The Balaban J connectivity index is 2.08. The lowest BCUT2D eigenvalue weighted by Crippen LogP contribution is -2.52. The third-order valence-electron chi connectivity index (χ3n) is 4.05. The zero-order valence-corrected chi connectivity index (χ0v) is 15.2. The molecule has 1 aromatic rings. The molecule has 0 aliphatic carbocycles. The maximum Gasteiger partial charge on any atom is 0.408 e. The van der Waals surface area contributed by atoms with E-state index in [4.69, 9.17) is 4.74 Å². The highest BCUT2D eigenvalue weighted by atomic mass is 16.6. The summed E-state index contributed by atoms with van der Waals surface area (Å²) in [6.07, 6.45) is 0.582. The van der Waals surface area contributed by atoms with E-state index in [0.29, 0.717) is 32.4 Å². The fraction of sp³-hybridized carbons (Fsp3) is 0.579. The largest absolute Gasteiger partial charge is 0.444 e. The molecule has 1 atom stereocenters. The number of aliphatic hydroxyl groups excluding tert-OH is 1. The maximum absolute atomic E-state index is 12.9. The Labute approximate surface area is 149 Å². The molecule has 1 saturated heterocycles. The summed E-state index contributed by atoms with van der Waals surface area (Å²) in [4.78, 5) is 26.7. The van der Waals surface area contributed by atoms with E-state index in [1.807, 2.05) is 30.3 Å². The Bertz CT molecular complexity index is 575. The van der Waals surface area contributed by atoms with Crippen LogP contribution in [0.15, 0.2) is 30.3 Å². The standard InChI is InChI=1S/C19H28N2O4/c1-19(2,3)25-18(24)20-16(13-14-7-5-4-6-8-14)17(23)21-11-9-15(22)10-12-21/h4-8,15-16,22H,9-13H2,1-3H3,(H,20,24)/t16-/m1/s1. The Hall–Kier alpha value is -2.08. The first-order valence-corrected chi connectivity index (χ1v) is 8.75. The number of carbonyl (C=O) groups is 2. The van der Waals surface area contributed by atoms with Gasteiger partial charge in [-0.25, -0.2) is 4.79 Å². The van der Waals surface area contributed by atoms with Crippen molar-refractivity contribution in [1.29, 1.82) is 0 Å². The summed E-state index contributed by atoms with van der Waals surface area (Å²) in [5.74, 6) is -0.137. The van der Waals surface area contributed by atoms with Crippen LogP contribution >= 0.6 is 0 Å². The van der Waals surface area contributed by atoms with Crippen LogP contribution in [-0.2, 0) is 16.0 Å². The van der Waals surface area contributed by atoms with E-state index in [1.165, 1.54) is 0 Å². The molecule has 0 aromatic heterocycles. The summed E-state index contributed by atoms with van der Waals surface area (Å²) >= 11 is 0. The highest BCUT2D eigenvalue weighted by Gasteiger charge is 2.30. The molecule has 6 heteroatoms. The predicted octanol–water partition coefficient (Wildman–Crippen LogP) is 2.11. The molecule has 0 radical (unpaired) electrons. The molecule has 2 amide bonds. The van der Waals surface area contributed by atoms with Gasteiger partial charge in [0.25, 0.3) is 0 Å². The minimum atomic E-state index is -0.688. The molecule has 1 aliphatic heterocycles. The van der Waals surface area contributed by atoms with Gasteiger partial charge in [-0.05, 0) is 39.2 Å². The fourth-order valence-corrected chi connectivity index (χ4v) is 2.81. The van der Waals surface area contributed by atoms with Crippen LogP contribution in [-0.4, -0.2) is 52.8 Å². The quantitative estimate of drug-likeness (QED) is 0.873. The van der Waals surface area contributed by atoms with E-state index in [2.05, 4.69) is 5.32 Å². The van der Waals surface area contributed by atoms with Crippen LogP contribution in [0.2, 0.25) is 0 Å². The highest BCUT2D eigenvalue weighted by Crippen LogP contribution is 2.14. The van der Waals surface area contributed by atoms with Gasteiger partial charge >= 0.3 is 6.09 Å². The molecule has 2 N–H and O–H groups in total. The number of nitrogens with zero attached hydrogens (tertiary/aromatic N) is 1. The van der Waals surface area contributed by atoms with Crippen LogP contribution in [0.5, 0.6) is 0 Å². The number of aliphatic hydroxyl groups is 1. The van der Waals surface area contributed by atoms with E-state index in [9.17, 15) is 14.7 Å². The minimum Gasteiger partial charge on any atom is -0.444 e. The van der Waals surface area contributed by atoms with Crippen LogP contribution in [0.25, 0.3) is 0 Å². The minimum absolute atomic E-state index is 0.137. The number of hydrogen-bond donors (Lipinski definition) is 2. The van der Waals surface area contributed by atoms with Crippen LogP contribution in [0.1, 0.15) is 39.2 Å². The van der Waals surface area contributed by atoms with E-state index in [0.717, 1.165) is 5.56 Å². The Kier molecular flexibility index (Phi) is 6.42. The molecule has 138 valence electrons. The van der Waals surface area contributed by atoms with Crippen molar-refractivity contribution in [2.45, 2.75) is 57.8 Å². The van der Waals surface area contributed by atoms with Crippen molar-refractivity contribution >= 4 is 12.0 Å². The summed E-state index contributed by atoms with van der Waals surface area (Å²) in [5, 5.41) is 12.3. The lowest BCUT2D eigenvalue weighted by molar-refractivity contribution is -0.135. The number of carbonyl (C=O) groups excluding carboxylic acids is 2. The molecule has 0 unspecified atom stereocenters. The summed E-state index contributed by atoms with van der Waals surface area (Å²) in [6.45, 7) is 6.36. The molecular weight excluding hydrogens is 320 g/mol. The van der Waals surface area contributed by atoms with Gasteiger partial charge in [0.2, 0.25) is 5.91 Å². The zero-order valence-electron chi connectivity index (χ0n) is 15.2. The number of nitrogens with one attached hydrogen (secondary N) is 1. The van der Waals surface area contributed by atoms with Gasteiger partial charge in [-0.1, -0.05) is 30.3 Å². The third-order valence-corrected chi connectivity index (χ3v) is 4.05. The molecule has 1 aromatic carbocycles. The van der Waals surface area contributed by atoms with Crippen LogP contribution in [0.3, 0.4) is 0 Å². The van der Waals surface area contributed by atoms with Gasteiger partial charge in [0.1, 0.15) is 11.6 Å². The maximum atomic E-state index is 12.9. The molecule has 0 spiro atoms. The second-order valence-electron chi connectivity index (χ2n) is 7.44. The molecule has 1 heterocycles. The van der Waals surface area contributed by atoms with Crippen molar-refractivity contribution in [1.82, 2.24) is 10.2 Å². The average Bonchev–Trinajstić information content (AvgIpc) is 2.53. The second kappa shape index (κ2) is 8.34. The Morgan fingerprint density at radius 1 is 1.24 bits per heavy atom. The first kappa shape index (κ1) is 19.2. The molecule has 2 rings (SSSR count). The van der Waals surface area contributed by atoms with Crippen molar-refractivity contribution in [2.24, 2.45) is 0 Å². The van der Waals surface area contributed by atoms with Gasteiger partial charge in [0.05, 0.1) is 6.10 Å². The fourth-order valence-electron chi connectivity index (χ4n) is 2.81. The summed E-state index contributed by atoms with van der Waals surface area (Å²) in [7, 11) is 0. The average molecular weight is 348 g/mol. The molecular formula is C19H28N2O4. The van der Waals surface area contributed by atoms with Crippen molar-refractivity contribution in [3.05, 3.63) is 35.9 Å². The van der Waals surface area contributed by atoms with Crippen LogP contribution < -0.4 is 5.32 Å². The topological polar surface area (TPSA) is 78.9 Å². The van der Waals surface area contributed by atoms with Gasteiger partial charge in [-0.15, -0.1) is 0 Å². The summed E-state index contributed by atoms with van der Waals surface area (Å²) in [5.41, 5.74) is 0.341. The number of alkyl carbamates (subject to hydrolysis) is 1. The number of hydrogen-bond acceptors (Lipinski definition) is 4. The predicted molar refractivity (Wildman–Crippen MR) is 95.1 cm³/mol. The monoisotopic (exact) mass is 348 g/mol. The zero-order chi connectivity index (χ0) is 18.4. The number of rotatable bonds is 4. The SMILES string of the molecule is CC(C)(C)OC(=O)N[C@H](Cc1ccccc1)C(=O)N1CCC(O)CC1. The van der Waals surface area contributed by atoms with Crippen molar-refractivity contribution in [3.63, 3.8) is 0 Å². The van der Waals surface area contributed by atoms with Crippen LogP contribution in [0.4, 0.5) is 4.79 Å². The van der Waals surface area contributed by atoms with Gasteiger partial charge in [0.15, 0.2) is 0 Å². The lowest BCUT2D eigenvalue weighted by Gasteiger charge is -2.33. The Morgan fingerprint density at radius 2 is 1.84 bits per heavy atom. The highest BCUT2D eigenvalue weighted by molar-refractivity contribution is 5.86. The van der Waals surface area contributed by atoms with Crippen molar-refractivity contribution in [3.8, 4) is 0 Å². The molecule has 1 aliphatic rings. The Morgan fingerprint density at radius 3 is 2.40 bits per heavy atom. The molecule has 0 saturated carbocycles. The van der Waals surface area contributed by atoms with Crippen molar-refractivity contribution in [2.75, 3.05) is 13.1 Å². The number of ether oxygens (including phenoxy) is 1. The lowest BCUT2D eigenvalue weighted by atomic mass is 10.0. The van der Waals surface area contributed by atoms with Gasteiger partial charge in [-0.2, -0.15) is 0 Å². The van der Waals surface area contributed by atoms with E-state index in [-0.39, 0.29) is 12.0 Å². The molecule has 1 fully saturated rings. The van der Waals surface area contributed by atoms with Gasteiger partial charge < -0.3 is 20.1 Å². The van der Waals surface area contributed by atoms with Gasteiger partial charge in [-0.3, -0.25) is 4.79 Å². The molecule has 6 nitrogen and oxygen atoms in total. The van der Waals surface area contributed by atoms with E-state index >= 15 is 0 Å². The molecule has 25 heavy (non-hydrogen) atoms. The number of likely N-dealkylation sites (tertiary alicyclic amines) is 1. The first-order valence-electron chi connectivity index (χ1n) is 8.75. The van der Waals surface area contributed by atoms with Gasteiger partial charge in [0, 0.05) is 19.5 Å². The van der Waals surface area contributed by atoms with Crippen molar-refractivity contribution < 1.29 is 19.4 Å². The third kappa shape index (κ3) is 6.38. The van der Waals surface area contributed by atoms with E-state index < -0.39 is 17.7 Å². The smallest absolute Gasteiger partial charge is 0.408 e. The van der Waals surface area contributed by atoms with E-state index in [1.54, 1.807) is 25.7 Å². The summed E-state index contributed by atoms with van der Waals surface area (Å²) < 4.78 is 5.30. The molecule has 0 bridgehead atoms.